The van der Waals surface area contributed by atoms with E-state index in [2.05, 4.69) is 18.8 Å². The first kappa shape index (κ1) is 21.2. The molecule has 3 fully saturated rings. The molecule has 4 aliphatic carbocycles. The number of halogens is 1. The number of hydrogen-bond donors (Lipinski definition) is 1. The molecule has 0 spiro atoms. The Labute approximate surface area is 177 Å². The van der Waals surface area contributed by atoms with Crippen LogP contribution >= 0.6 is 11.8 Å². The lowest BCUT2D eigenvalue weighted by atomic mass is 9.45. The van der Waals surface area contributed by atoms with Crippen LogP contribution in [0.1, 0.15) is 52.9 Å². The third-order valence-corrected chi connectivity index (χ3v) is 8.86. The minimum Gasteiger partial charge on any atom is -0.390 e. The van der Waals surface area contributed by atoms with Gasteiger partial charge in [0.25, 0.3) is 0 Å². The summed E-state index contributed by atoms with van der Waals surface area (Å²) in [6.45, 7) is 5.83. The minimum absolute atomic E-state index is 0.0850. The summed E-state index contributed by atoms with van der Waals surface area (Å²) in [5.41, 5.74) is -2.95. The monoisotopic (exact) mass is 418 g/mol. The molecule has 0 unspecified atom stereocenters. The van der Waals surface area contributed by atoms with Gasteiger partial charge in [0.15, 0.2) is 11.5 Å². The van der Waals surface area contributed by atoms with Crippen LogP contribution in [0.4, 0.5) is 4.39 Å². The van der Waals surface area contributed by atoms with Crippen molar-refractivity contribution in [3.05, 3.63) is 23.8 Å². The topological polar surface area (TPSA) is 46.5 Å². The summed E-state index contributed by atoms with van der Waals surface area (Å²) < 4.78 is 23.4. The van der Waals surface area contributed by atoms with Crippen LogP contribution in [0.2, 0.25) is 0 Å². The predicted molar refractivity (Wildman–Crippen MR) is 114 cm³/mol. The van der Waals surface area contributed by atoms with Crippen molar-refractivity contribution in [1.82, 2.24) is 0 Å². The Balaban J connectivity index is 1.79. The van der Waals surface area contributed by atoms with E-state index in [9.17, 15) is 9.90 Å². The van der Waals surface area contributed by atoms with Gasteiger partial charge in [-0.15, -0.1) is 17.7 Å². The van der Waals surface area contributed by atoms with Crippen molar-refractivity contribution in [2.24, 2.45) is 22.7 Å². The van der Waals surface area contributed by atoms with E-state index in [4.69, 9.17) is 4.74 Å². The summed E-state index contributed by atoms with van der Waals surface area (Å²) in [5, 5.41) is 11.3. The molecule has 0 aromatic carbocycles. The van der Waals surface area contributed by atoms with E-state index in [1.807, 2.05) is 20.1 Å². The van der Waals surface area contributed by atoms with Gasteiger partial charge in [0.05, 0.1) is 12.0 Å². The SMILES string of the molecule is CC#C[C@]1(OCSC)CC[C@H]2[C@@H]3CCC4=CC(=O)C=C[C@]4(C)[C@@]3(F)[C@@H](O)C[C@@]21C. The van der Waals surface area contributed by atoms with E-state index in [1.165, 1.54) is 6.08 Å². The molecule has 158 valence electrons. The van der Waals surface area contributed by atoms with E-state index in [0.29, 0.717) is 25.2 Å². The van der Waals surface area contributed by atoms with Gasteiger partial charge in [0, 0.05) is 16.7 Å². The maximum Gasteiger partial charge on any atom is 0.178 e. The van der Waals surface area contributed by atoms with Crippen LogP contribution in [0, 0.1) is 34.5 Å². The molecule has 0 radical (unpaired) electrons. The number of aliphatic hydroxyl groups is 1. The van der Waals surface area contributed by atoms with E-state index < -0.39 is 28.2 Å². The number of rotatable bonds is 3. The van der Waals surface area contributed by atoms with Crippen molar-refractivity contribution >= 4 is 17.5 Å². The number of hydrogen-bond acceptors (Lipinski definition) is 4. The number of fused-ring (bicyclic) bond motifs is 5. The normalized spacial score (nSPS) is 48.1. The van der Waals surface area contributed by atoms with Crippen molar-refractivity contribution in [1.29, 1.82) is 0 Å². The molecular formula is C24H31FO3S. The number of carbonyl (C=O) groups is 1. The van der Waals surface area contributed by atoms with Crippen molar-refractivity contribution in [2.45, 2.75) is 70.2 Å². The molecule has 1 N–H and O–H groups in total. The Morgan fingerprint density at radius 1 is 1.34 bits per heavy atom. The van der Waals surface area contributed by atoms with Gasteiger partial charge in [-0.05, 0) is 70.3 Å². The number of allylic oxidation sites excluding steroid dienone is 4. The second-order valence-electron chi connectivity index (χ2n) is 9.56. The molecule has 7 atom stereocenters. The van der Waals surface area contributed by atoms with Crippen LogP contribution in [0.25, 0.3) is 0 Å². The Morgan fingerprint density at radius 3 is 2.79 bits per heavy atom. The summed E-state index contributed by atoms with van der Waals surface area (Å²) in [6, 6.07) is 0. The van der Waals surface area contributed by atoms with E-state index in [0.717, 1.165) is 18.4 Å². The largest absolute Gasteiger partial charge is 0.390 e. The second kappa shape index (κ2) is 6.97. The second-order valence-corrected chi connectivity index (χ2v) is 10.4. The number of carbonyl (C=O) groups excluding carboxylic acids is 1. The summed E-state index contributed by atoms with van der Waals surface area (Å²) in [7, 11) is 0. The number of alkyl halides is 1. The van der Waals surface area contributed by atoms with Gasteiger partial charge >= 0.3 is 0 Å². The lowest BCUT2D eigenvalue weighted by molar-refractivity contribution is -0.213. The van der Waals surface area contributed by atoms with Crippen LogP contribution in [-0.4, -0.2) is 40.5 Å². The van der Waals surface area contributed by atoms with Gasteiger partial charge in [-0.1, -0.05) is 24.5 Å². The molecule has 0 bridgehead atoms. The molecule has 3 nitrogen and oxygen atoms in total. The van der Waals surface area contributed by atoms with Gasteiger partial charge in [-0.25, -0.2) is 4.39 Å². The van der Waals surface area contributed by atoms with Crippen LogP contribution in [0.5, 0.6) is 0 Å². The van der Waals surface area contributed by atoms with Crippen LogP contribution in [0.3, 0.4) is 0 Å². The zero-order valence-electron chi connectivity index (χ0n) is 17.8. The molecule has 0 heterocycles. The molecule has 3 saturated carbocycles. The maximum absolute atomic E-state index is 17.0. The third kappa shape index (κ3) is 2.61. The van der Waals surface area contributed by atoms with Crippen LogP contribution in [0.15, 0.2) is 23.8 Å². The number of aliphatic hydroxyl groups excluding tert-OH is 1. The molecule has 0 aromatic heterocycles. The fourth-order valence-corrected chi connectivity index (χ4v) is 7.36. The highest BCUT2D eigenvalue weighted by atomic mass is 32.2. The van der Waals surface area contributed by atoms with Gasteiger partial charge in [-0.3, -0.25) is 4.79 Å². The lowest BCUT2D eigenvalue weighted by Crippen LogP contribution is -2.68. The van der Waals surface area contributed by atoms with E-state index in [-0.39, 0.29) is 17.6 Å². The molecule has 29 heavy (non-hydrogen) atoms. The minimum atomic E-state index is -1.78. The molecule has 4 aliphatic rings. The maximum atomic E-state index is 17.0. The zero-order valence-corrected chi connectivity index (χ0v) is 18.6. The van der Waals surface area contributed by atoms with Crippen molar-refractivity contribution < 1.29 is 19.0 Å². The van der Waals surface area contributed by atoms with E-state index >= 15 is 4.39 Å². The Bertz CT molecular complexity index is 841. The quantitative estimate of drug-likeness (QED) is 0.543. The Morgan fingerprint density at radius 2 is 2.10 bits per heavy atom. The average molecular weight is 419 g/mol. The zero-order chi connectivity index (χ0) is 21.1. The highest BCUT2D eigenvalue weighted by Crippen LogP contribution is 2.70. The lowest BCUT2D eigenvalue weighted by Gasteiger charge is -2.62. The summed E-state index contributed by atoms with van der Waals surface area (Å²) in [5.74, 6) is 6.65. The summed E-state index contributed by atoms with van der Waals surface area (Å²) >= 11 is 1.61. The number of ketones is 1. The Hall–Kier alpha value is -1.09. The van der Waals surface area contributed by atoms with Crippen LogP contribution in [-0.2, 0) is 9.53 Å². The number of ether oxygens (including phenoxy) is 1. The summed E-state index contributed by atoms with van der Waals surface area (Å²) in [6.07, 6.45) is 8.90. The molecule has 5 heteroatoms. The first-order valence-corrected chi connectivity index (χ1v) is 12.0. The van der Waals surface area contributed by atoms with Crippen molar-refractivity contribution in [2.75, 3.05) is 12.2 Å². The highest BCUT2D eigenvalue weighted by Gasteiger charge is 2.73. The summed E-state index contributed by atoms with van der Waals surface area (Å²) in [4.78, 5) is 11.9. The average Bonchev–Trinajstić information content (AvgIpc) is 2.95. The smallest absolute Gasteiger partial charge is 0.178 e. The molecular weight excluding hydrogens is 387 g/mol. The van der Waals surface area contributed by atoms with Crippen molar-refractivity contribution in [3.8, 4) is 11.8 Å². The Kier molecular flexibility index (Phi) is 5.08. The standard InChI is InChI=1S/C24H31FO3S/c1-5-10-23(28-15-29-4)12-9-18-19-7-6-16-13-17(26)8-11-21(16,2)24(19,25)20(27)14-22(18,23)3/h8,11,13,18-20,27H,6-7,9,12,14-15H2,1-4H3/t18-,19-,20-,21-,22-,23-,24-/m0/s1. The molecule has 0 aromatic rings. The molecule has 0 aliphatic heterocycles. The fraction of sp³-hybridized carbons (Fsp3) is 0.708. The first-order valence-electron chi connectivity index (χ1n) is 10.6. The molecule has 0 amide bonds. The highest BCUT2D eigenvalue weighted by molar-refractivity contribution is 7.98. The fourth-order valence-electron chi connectivity index (χ4n) is 7.04. The van der Waals surface area contributed by atoms with Crippen LogP contribution < -0.4 is 0 Å². The third-order valence-electron chi connectivity index (χ3n) is 8.51. The van der Waals surface area contributed by atoms with Gasteiger partial charge < -0.3 is 9.84 Å². The van der Waals surface area contributed by atoms with E-state index in [1.54, 1.807) is 23.9 Å². The molecule has 4 rings (SSSR count). The molecule has 0 saturated heterocycles. The van der Waals surface area contributed by atoms with Crippen molar-refractivity contribution in [3.63, 3.8) is 0 Å². The first-order chi connectivity index (χ1) is 13.7. The van der Waals surface area contributed by atoms with Gasteiger partial charge in [-0.2, -0.15) is 0 Å². The number of thioether (sulfide) groups is 1. The predicted octanol–water partition coefficient (Wildman–Crippen LogP) is 4.46. The van der Waals surface area contributed by atoms with Gasteiger partial charge in [0.2, 0.25) is 0 Å². The van der Waals surface area contributed by atoms with Gasteiger partial charge in [0.1, 0.15) is 5.60 Å².